The highest BCUT2D eigenvalue weighted by atomic mass is 19.1. The molecule has 0 heterocycles. The minimum Gasteiger partial charge on any atom is -0.480 e. The minimum absolute atomic E-state index is 0.0608. The molecule has 0 aromatic heterocycles. The summed E-state index contributed by atoms with van der Waals surface area (Å²) in [5.74, 6) is -1.53. The van der Waals surface area contributed by atoms with Crippen molar-refractivity contribution in [2.45, 2.75) is 19.4 Å². The fraction of sp³-hybridized carbons (Fsp3) is 0.273. The average molecular weight is 225 g/mol. The molecule has 1 amide bonds. The lowest BCUT2D eigenvalue weighted by molar-refractivity contribution is -0.140. The van der Waals surface area contributed by atoms with Gasteiger partial charge in [0.05, 0.1) is 0 Å². The van der Waals surface area contributed by atoms with Crippen LogP contribution < -0.4 is 5.32 Å². The number of carboxylic acid groups (broad SMARTS) is 1. The van der Waals surface area contributed by atoms with E-state index in [9.17, 15) is 14.0 Å². The zero-order valence-electron chi connectivity index (χ0n) is 8.74. The fourth-order valence-corrected chi connectivity index (χ4v) is 1.30. The van der Waals surface area contributed by atoms with E-state index in [0.29, 0.717) is 17.5 Å². The number of halogens is 1. The second-order valence-corrected chi connectivity index (χ2v) is 3.46. The molecule has 0 saturated carbocycles. The third-order valence-corrected chi connectivity index (χ3v) is 2.24. The number of nitrogens with one attached hydrogen (secondary N) is 1. The molecule has 0 saturated heterocycles. The summed E-state index contributed by atoms with van der Waals surface area (Å²) < 4.78 is 13.2. The number of carbonyl (C=O) groups is 2. The zero-order chi connectivity index (χ0) is 12.1. The molecule has 0 spiro atoms. The number of rotatable bonds is 5. The summed E-state index contributed by atoms with van der Waals surface area (Å²) in [6, 6.07) is 3.46. The Labute approximate surface area is 92.1 Å². The molecule has 16 heavy (non-hydrogen) atoms. The molecule has 0 bridgehead atoms. The van der Waals surface area contributed by atoms with Gasteiger partial charge in [-0.25, -0.2) is 9.18 Å². The summed E-state index contributed by atoms with van der Waals surface area (Å²) in [4.78, 5) is 20.9. The molecule has 1 unspecified atom stereocenters. The number of hydrogen-bond donors (Lipinski definition) is 2. The lowest BCUT2D eigenvalue weighted by Crippen LogP contribution is -2.37. The van der Waals surface area contributed by atoms with Crippen LogP contribution in [-0.2, 0) is 16.0 Å². The van der Waals surface area contributed by atoms with E-state index in [4.69, 9.17) is 5.11 Å². The topological polar surface area (TPSA) is 66.4 Å². The van der Waals surface area contributed by atoms with Gasteiger partial charge in [0.15, 0.2) is 0 Å². The molecule has 1 rings (SSSR count). The number of carbonyl (C=O) groups excluding carboxylic acids is 1. The lowest BCUT2D eigenvalue weighted by Gasteiger charge is -2.11. The highest BCUT2D eigenvalue weighted by molar-refractivity contribution is 5.76. The van der Waals surface area contributed by atoms with Crippen LogP contribution in [0.5, 0.6) is 0 Å². The van der Waals surface area contributed by atoms with Gasteiger partial charge in [0, 0.05) is 6.42 Å². The molecule has 5 heteroatoms. The van der Waals surface area contributed by atoms with Crippen LogP contribution in [-0.4, -0.2) is 23.5 Å². The van der Waals surface area contributed by atoms with Crippen LogP contribution in [0.1, 0.15) is 11.1 Å². The van der Waals surface area contributed by atoms with Crippen molar-refractivity contribution in [1.82, 2.24) is 5.32 Å². The van der Waals surface area contributed by atoms with Crippen LogP contribution >= 0.6 is 0 Å². The predicted octanol–water partition coefficient (Wildman–Crippen LogP) is 0.876. The lowest BCUT2D eigenvalue weighted by atomic mass is 10.0. The van der Waals surface area contributed by atoms with E-state index in [1.165, 1.54) is 6.07 Å². The second-order valence-electron chi connectivity index (χ2n) is 3.46. The molecular formula is C11H12FNO3. The Bertz CT molecular complexity index is 406. The third-order valence-electron chi connectivity index (χ3n) is 2.24. The first-order chi connectivity index (χ1) is 7.54. The van der Waals surface area contributed by atoms with Crippen molar-refractivity contribution in [3.63, 3.8) is 0 Å². The van der Waals surface area contributed by atoms with Gasteiger partial charge < -0.3 is 10.4 Å². The Balaban J connectivity index is 2.81. The van der Waals surface area contributed by atoms with Crippen LogP contribution in [0.15, 0.2) is 18.2 Å². The van der Waals surface area contributed by atoms with Gasteiger partial charge in [-0.3, -0.25) is 4.79 Å². The van der Waals surface area contributed by atoms with Crippen LogP contribution in [0.3, 0.4) is 0 Å². The molecule has 1 aromatic rings. The van der Waals surface area contributed by atoms with Crippen molar-refractivity contribution >= 4 is 12.4 Å². The maximum Gasteiger partial charge on any atom is 0.326 e. The number of aliphatic carboxylic acids is 1. The summed E-state index contributed by atoms with van der Waals surface area (Å²) >= 11 is 0. The van der Waals surface area contributed by atoms with Crippen LogP contribution in [0.25, 0.3) is 0 Å². The van der Waals surface area contributed by atoms with Crippen molar-refractivity contribution in [1.29, 1.82) is 0 Å². The maximum atomic E-state index is 13.2. The van der Waals surface area contributed by atoms with Crippen LogP contribution in [0.2, 0.25) is 0 Å². The highest BCUT2D eigenvalue weighted by Crippen LogP contribution is 2.11. The first-order valence-corrected chi connectivity index (χ1v) is 4.72. The van der Waals surface area contributed by atoms with Gasteiger partial charge >= 0.3 is 5.97 Å². The van der Waals surface area contributed by atoms with E-state index in [2.05, 4.69) is 5.32 Å². The van der Waals surface area contributed by atoms with Crippen molar-refractivity contribution in [2.24, 2.45) is 0 Å². The fourth-order valence-electron chi connectivity index (χ4n) is 1.30. The van der Waals surface area contributed by atoms with Gasteiger partial charge in [0.1, 0.15) is 11.9 Å². The standard InChI is InChI=1S/C11H12FNO3/c1-7-2-3-8(4-9(7)12)5-10(11(15)16)13-6-14/h2-4,6,10H,5H2,1H3,(H,13,14)(H,15,16). The Kier molecular flexibility index (Phi) is 3.99. The van der Waals surface area contributed by atoms with Gasteiger partial charge in [-0.1, -0.05) is 12.1 Å². The first kappa shape index (κ1) is 12.2. The van der Waals surface area contributed by atoms with Crippen molar-refractivity contribution in [3.05, 3.63) is 35.1 Å². The SMILES string of the molecule is Cc1ccc(CC(NC=O)C(=O)O)cc1F. The van der Waals surface area contributed by atoms with E-state index in [-0.39, 0.29) is 12.2 Å². The Hall–Kier alpha value is -1.91. The van der Waals surface area contributed by atoms with E-state index in [0.717, 1.165) is 0 Å². The molecule has 0 aliphatic heterocycles. The normalized spacial score (nSPS) is 11.9. The Morgan fingerprint density at radius 3 is 2.81 bits per heavy atom. The number of aryl methyl sites for hydroxylation is 1. The summed E-state index contributed by atoms with van der Waals surface area (Å²) in [7, 11) is 0. The van der Waals surface area contributed by atoms with Crippen LogP contribution in [0, 0.1) is 12.7 Å². The number of hydrogen-bond acceptors (Lipinski definition) is 2. The van der Waals surface area contributed by atoms with Crippen molar-refractivity contribution in [2.75, 3.05) is 0 Å². The number of benzene rings is 1. The molecule has 1 aromatic carbocycles. The maximum absolute atomic E-state index is 13.2. The molecule has 0 radical (unpaired) electrons. The summed E-state index contributed by atoms with van der Waals surface area (Å²) in [5, 5.41) is 10.9. The second kappa shape index (κ2) is 5.25. The molecule has 0 aliphatic rings. The van der Waals surface area contributed by atoms with Crippen molar-refractivity contribution < 1.29 is 19.1 Å². The van der Waals surface area contributed by atoms with E-state index in [1.54, 1.807) is 19.1 Å². The molecule has 0 fully saturated rings. The quantitative estimate of drug-likeness (QED) is 0.731. The summed E-state index contributed by atoms with van der Waals surface area (Å²) in [6.07, 6.45) is 0.384. The first-order valence-electron chi connectivity index (χ1n) is 4.72. The predicted molar refractivity (Wildman–Crippen MR) is 55.5 cm³/mol. The van der Waals surface area contributed by atoms with Gasteiger partial charge in [-0.2, -0.15) is 0 Å². The molecule has 4 nitrogen and oxygen atoms in total. The number of amides is 1. The molecule has 0 aliphatic carbocycles. The van der Waals surface area contributed by atoms with Gasteiger partial charge in [-0.05, 0) is 24.1 Å². The average Bonchev–Trinajstić information content (AvgIpc) is 2.22. The van der Waals surface area contributed by atoms with Gasteiger partial charge in [0.25, 0.3) is 0 Å². The zero-order valence-corrected chi connectivity index (χ0v) is 8.74. The van der Waals surface area contributed by atoms with Gasteiger partial charge in [-0.15, -0.1) is 0 Å². The molecule has 2 N–H and O–H groups in total. The minimum atomic E-state index is -1.15. The van der Waals surface area contributed by atoms with E-state index in [1.807, 2.05) is 0 Å². The van der Waals surface area contributed by atoms with Gasteiger partial charge in [0.2, 0.25) is 6.41 Å². The Morgan fingerprint density at radius 1 is 1.62 bits per heavy atom. The Morgan fingerprint density at radius 2 is 2.31 bits per heavy atom. The molecular weight excluding hydrogens is 213 g/mol. The van der Waals surface area contributed by atoms with E-state index >= 15 is 0 Å². The molecule has 1 atom stereocenters. The van der Waals surface area contributed by atoms with E-state index < -0.39 is 12.0 Å². The van der Waals surface area contributed by atoms with Crippen LogP contribution in [0.4, 0.5) is 4.39 Å². The smallest absolute Gasteiger partial charge is 0.326 e. The third kappa shape index (κ3) is 3.05. The molecule has 86 valence electrons. The largest absolute Gasteiger partial charge is 0.480 e. The monoisotopic (exact) mass is 225 g/mol. The van der Waals surface area contributed by atoms with Crippen molar-refractivity contribution in [3.8, 4) is 0 Å². The summed E-state index contributed by atoms with van der Waals surface area (Å²) in [6.45, 7) is 1.62. The highest BCUT2D eigenvalue weighted by Gasteiger charge is 2.17. The summed E-state index contributed by atoms with van der Waals surface area (Å²) in [5.41, 5.74) is 1.03. The number of carboxylic acids is 1.